The van der Waals surface area contributed by atoms with Gasteiger partial charge in [-0.1, -0.05) is 18.2 Å². The van der Waals surface area contributed by atoms with E-state index in [2.05, 4.69) is 0 Å². The summed E-state index contributed by atoms with van der Waals surface area (Å²) in [6.45, 7) is 1.87. The smallest absolute Gasteiger partial charge is 0.339 e. The molecule has 0 aliphatic rings. The predicted molar refractivity (Wildman–Crippen MR) is 69.6 cm³/mol. The number of hydrogen-bond acceptors (Lipinski definition) is 3. The molecule has 1 N–H and O–H groups in total. The van der Waals surface area contributed by atoms with Gasteiger partial charge in [-0.15, -0.1) is 0 Å². The number of para-hydroxylation sites is 1. The number of carbonyl (C=O) groups excluding carboxylic acids is 1. The average Bonchev–Trinajstić information content (AvgIpc) is 2.87. The number of amides is 1. The van der Waals surface area contributed by atoms with Gasteiger partial charge in [-0.3, -0.25) is 4.79 Å². The highest BCUT2D eigenvalue weighted by Crippen LogP contribution is 2.21. The fourth-order valence-electron chi connectivity index (χ4n) is 1.84. The molecular weight excluding hydrogens is 246 g/mol. The van der Waals surface area contributed by atoms with E-state index in [-0.39, 0.29) is 11.3 Å². The van der Waals surface area contributed by atoms with Gasteiger partial charge < -0.3 is 14.4 Å². The lowest BCUT2D eigenvalue weighted by molar-refractivity contribution is 0.0689. The van der Waals surface area contributed by atoms with E-state index >= 15 is 0 Å². The number of benzene rings is 1. The molecule has 19 heavy (non-hydrogen) atoms. The van der Waals surface area contributed by atoms with Crippen molar-refractivity contribution in [2.45, 2.75) is 6.92 Å². The third kappa shape index (κ3) is 2.35. The van der Waals surface area contributed by atoms with Gasteiger partial charge in [0.1, 0.15) is 5.56 Å². The summed E-state index contributed by atoms with van der Waals surface area (Å²) in [5, 5.41) is 8.98. The lowest BCUT2D eigenvalue weighted by Gasteiger charge is -2.18. The zero-order chi connectivity index (χ0) is 14.0. The second kappa shape index (κ2) is 4.97. The maximum absolute atomic E-state index is 12.3. The van der Waals surface area contributed by atoms with Crippen LogP contribution in [0.25, 0.3) is 0 Å². The van der Waals surface area contributed by atoms with E-state index in [9.17, 15) is 9.59 Å². The van der Waals surface area contributed by atoms with Gasteiger partial charge >= 0.3 is 5.97 Å². The minimum absolute atomic E-state index is 0.134. The van der Waals surface area contributed by atoms with E-state index in [1.165, 1.54) is 17.2 Å². The summed E-state index contributed by atoms with van der Waals surface area (Å²) < 4.78 is 5.00. The highest BCUT2D eigenvalue weighted by molar-refractivity contribution is 6.10. The van der Waals surface area contributed by atoms with Crippen LogP contribution < -0.4 is 4.90 Å². The molecule has 0 atom stereocenters. The number of carboxylic acid groups (broad SMARTS) is 1. The normalized spacial score (nSPS) is 10.2. The van der Waals surface area contributed by atoms with Crippen LogP contribution in [0.2, 0.25) is 0 Å². The van der Waals surface area contributed by atoms with Gasteiger partial charge in [0, 0.05) is 12.7 Å². The van der Waals surface area contributed by atoms with Crippen LogP contribution in [0.5, 0.6) is 0 Å². The second-order valence-corrected chi connectivity index (χ2v) is 4.12. The quantitative estimate of drug-likeness (QED) is 0.919. The molecule has 0 saturated carbocycles. The summed E-state index contributed by atoms with van der Waals surface area (Å²) in [5.74, 6) is -1.84. The van der Waals surface area contributed by atoms with Crippen LogP contribution in [-0.4, -0.2) is 24.0 Å². The number of aryl methyl sites for hydroxylation is 1. The van der Waals surface area contributed by atoms with E-state index in [0.29, 0.717) is 5.69 Å². The van der Waals surface area contributed by atoms with Crippen molar-refractivity contribution in [1.82, 2.24) is 0 Å². The van der Waals surface area contributed by atoms with Crippen molar-refractivity contribution in [3.8, 4) is 0 Å². The Morgan fingerprint density at radius 1 is 1.21 bits per heavy atom. The van der Waals surface area contributed by atoms with Crippen molar-refractivity contribution >= 4 is 17.6 Å². The number of carboxylic acids is 1. The van der Waals surface area contributed by atoms with Crippen LogP contribution >= 0.6 is 0 Å². The third-order valence-electron chi connectivity index (χ3n) is 2.87. The molecule has 0 aliphatic carbocycles. The Labute approximate surface area is 110 Å². The average molecular weight is 259 g/mol. The highest BCUT2D eigenvalue weighted by atomic mass is 16.4. The molecule has 5 nitrogen and oxygen atoms in total. The van der Waals surface area contributed by atoms with Gasteiger partial charge in [-0.05, 0) is 24.6 Å². The van der Waals surface area contributed by atoms with Crippen LogP contribution in [0, 0.1) is 6.92 Å². The van der Waals surface area contributed by atoms with Crippen molar-refractivity contribution in [2.75, 3.05) is 11.9 Å². The lowest BCUT2D eigenvalue weighted by Crippen LogP contribution is -2.27. The summed E-state index contributed by atoms with van der Waals surface area (Å²) >= 11 is 0. The molecule has 0 radical (unpaired) electrons. The minimum Gasteiger partial charge on any atom is -0.478 e. The summed E-state index contributed by atoms with van der Waals surface area (Å²) in [5.41, 5.74) is 1.49. The summed E-state index contributed by atoms with van der Waals surface area (Å²) in [4.78, 5) is 24.6. The molecule has 0 spiro atoms. The monoisotopic (exact) mass is 259 g/mol. The predicted octanol–water partition coefficient (Wildman–Crippen LogP) is 2.56. The number of carbonyl (C=O) groups is 2. The van der Waals surface area contributed by atoms with E-state index < -0.39 is 11.9 Å². The molecule has 0 aliphatic heterocycles. The molecule has 1 aromatic carbocycles. The summed E-state index contributed by atoms with van der Waals surface area (Å²) in [6, 6.07) is 8.61. The molecule has 0 unspecified atom stereocenters. The van der Waals surface area contributed by atoms with Crippen LogP contribution in [-0.2, 0) is 0 Å². The Kier molecular flexibility index (Phi) is 3.37. The molecule has 1 amide bonds. The molecule has 0 saturated heterocycles. The van der Waals surface area contributed by atoms with Crippen LogP contribution in [0.4, 0.5) is 5.69 Å². The number of anilines is 1. The Balaban J connectivity index is 2.37. The number of rotatable bonds is 3. The molecule has 5 heteroatoms. The first-order valence-corrected chi connectivity index (χ1v) is 5.67. The van der Waals surface area contributed by atoms with Crippen LogP contribution in [0.3, 0.4) is 0 Å². The summed E-state index contributed by atoms with van der Waals surface area (Å²) in [6.07, 6.45) is 1.20. The van der Waals surface area contributed by atoms with Crippen LogP contribution in [0.1, 0.15) is 26.5 Å². The topological polar surface area (TPSA) is 70.8 Å². The van der Waals surface area contributed by atoms with Gasteiger partial charge in [0.05, 0.1) is 6.26 Å². The van der Waals surface area contributed by atoms with E-state index in [4.69, 9.17) is 9.52 Å². The largest absolute Gasteiger partial charge is 0.478 e. The minimum atomic E-state index is -1.18. The molecule has 98 valence electrons. The van der Waals surface area contributed by atoms with Crippen molar-refractivity contribution in [3.63, 3.8) is 0 Å². The number of nitrogens with zero attached hydrogens (tertiary/aromatic N) is 1. The number of hydrogen-bond donors (Lipinski definition) is 1. The Hall–Kier alpha value is -2.56. The van der Waals surface area contributed by atoms with Crippen molar-refractivity contribution in [1.29, 1.82) is 0 Å². The van der Waals surface area contributed by atoms with E-state index in [1.54, 1.807) is 13.1 Å². The lowest BCUT2D eigenvalue weighted by atomic mass is 10.1. The van der Waals surface area contributed by atoms with Gasteiger partial charge in [0.2, 0.25) is 5.76 Å². The highest BCUT2D eigenvalue weighted by Gasteiger charge is 2.24. The fourth-order valence-corrected chi connectivity index (χ4v) is 1.84. The number of furan rings is 1. The Morgan fingerprint density at radius 2 is 1.89 bits per heavy atom. The van der Waals surface area contributed by atoms with Gasteiger partial charge in [-0.2, -0.15) is 0 Å². The molecular formula is C14H13NO4. The third-order valence-corrected chi connectivity index (χ3v) is 2.87. The molecule has 0 fully saturated rings. The Bertz CT molecular complexity index is 630. The molecule has 2 aromatic rings. The molecule has 1 heterocycles. The zero-order valence-electron chi connectivity index (χ0n) is 10.6. The van der Waals surface area contributed by atoms with E-state index in [1.807, 2.05) is 25.1 Å². The fraction of sp³-hybridized carbons (Fsp3) is 0.143. The first-order valence-electron chi connectivity index (χ1n) is 5.67. The molecule has 2 rings (SSSR count). The number of aromatic carboxylic acids is 1. The standard InChI is InChI=1S/C14H13NO4/c1-9-5-3-4-6-11(9)15(2)13(16)12-10(14(17)18)7-8-19-12/h3-8H,1-2H3,(H,17,18). The van der Waals surface area contributed by atoms with Gasteiger partial charge in [-0.25, -0.2) is 4.79 Å². The van der Waals surface area contributed by atoms with E-state index in [0.717, 1.165) is 5.56 Å². The van der Waals surface area contributed by atoms with Gasteiger partial charge in [0.15, 0.2) is 0 Å². The SMILES string of the molecule is Cc1ccccc1N(C)C(=O)c1occc1C(=O)O. The van der Waals surface area contributed by atoms with Crippen molar-refractivity contribution in [2.24, 2.45) is 0 Å². The van der Waals surface area contributed by atoms with Gasteiger partial charge in [0.25, 0.3) is 5.91 Å². The van der Waals surface area contributed by atoms with Crippen molar-refractivity contribution in [3.05, 3.63) is 53.5 Å². The first kappa shape index (κ1) is 12.9. The second-order valence-electron chi connectivity index (χ2n) is 4.12. The van der Waals surface area contributed by atoms with Crippen LogP contribution in [0.15, 0.2) is 41.0 Å². The molecule has 1 aromatic heterocycles. The maximum atomic E-state index is 12.3. The summed E-state index contributed by atoms with van der Waals surface area (Å²) in [7, 11) is 1.58. The Morgan fingerprint density at radius 3 is 2.53 bits per heavy atom. The van der Waals surface area contributed by atoms with Crippen molar-refractivity contribution < 1.29 is 19.1 Å². The zero-order valence-corrected chi connectivity index (χ0v) is 10.6. The molecule has 0 bridgehead atoms. The maximum Gasteiger partial charge on any atom is 0.339 e. The first-order chi connectivity index (χ1) is 9.02.